The minimum Gasteiger partial charge on any atom is -0.495 e. The molecule has 6 nitrogen and oxygen atoms in total. The summed E-state index contributed by atoms with van der Waals surface area (Å²) in [6.07, 6.45) is 1.88. The fourth-order valence-electron chi connectivity index (χ4n) is 3.40. The lowest BCUT2D eigenvalue weighted by molar-refractivity contribution is -0.122. The number of para-hydroxylation sites is 3. The molecule has 2 amide bonds. The van der Waals surface area contributed by atoms with Gasteiger partial charge in [0.1, 0.15) is 5.75 Å². The van der Waals surface area contributed by atoms with Crippen molar-refractivity contribution in [3.05, 3.63) is 60.8 Å². The third-order valence-electron chi connectivity index (χ3n) is 4.76. The first-order chi connectivity index (χ1) is 13.2. The number of methoxy groups -OCH3 is 1. The number of benzene rings is 2. The molecule has 0 aliphatic carbocycles. The molecule has 1 aromatic heterocycles. The molecule has 4 rings (SSSR count). The lowest BCUT2D eigenvalue weighted by atomic mass is 10.1. The first kappa shape index (κ1) is 17.0. The first-order valence-corrected chi connectivity index (χ1v) is 8.75. The molecule has 136 valence electrons. The number of hydrogen-bond donors (Lipinski definition) is 1. The molecule has 1 atom stereocenters. The Bertz CT molecular complexity index is 1010. The summed E-state index contributed by atoms with van der Waals surface area (Å²) in [6, 6.07) is 16.8. The average molecular weight is 361 g/mol. The van der Waals surface area contributed by atoms with Crippen LogP contribution in [0.1, 0.15) is 6.42 Å². The van der Waals surface area contributed by atoms with E-state index in [1.807, 2.05) is 42.5 Å². The largest absolute Gasteiger partial charge is 0.495 e. The molecule has 0 bridgehead atoms. The van der Waals surface area contributed by atoms with Gasteiger partial charge in [-0.1, -0.05) is 30.3 Å². The number of carbonyl (C=O) groups is 2. The SMILES string of the molecule is COc1ccccc1NC(=O)C1CC(=O)N(c2cccc3cccnc23)C1. The van der Waals surface area contributed by atoms with Crippen molar-refractivity contribution < 1.29 is 14.3 Å². The van der Waals surface area contributed by atoms with Gasteiger partial charge in [-0.2, -0.15) is 0 Å². The number of fused-ring (bicyclic) bond motifs is 1. The summed E-state index contributed by atoms with van der Waals surface area (Å²) in [5, 5.41) is 3.84. The number of carbonyl (C=O) groups excluding carboxylic acids is 2. The van der Waals surface area contributed by atoms with Gasteiger partial charge in [-0.15, -0.1) is 0 Å². The number of rotatable bonds is 4. The fourth-order valence-corrected chi connectivity index (χ4v) is 3.40. The van der Waals surface area contributed by atoms with Crippen LogP contribution in [0.25, 0.3) is 10.9 Å². The average Bonchev–Trinajstić information content (AvgIpc) is 3.09. The Morgan fingerprint density at radius 2 is 1.96 bits per heavy atom. The number of ether oxygens (including phenoxy) is 1. The van der Waals surface area contributed by atoms with Gasteiger partial charge in [0.25, 0.3) is 0 Å². The van der Waals surface area contributed by atoms with E-state index in [2.05, 4.69) is 10.3 Å². The second-order valence-corrected chi connectivity index (χ2v) is 6.45. The summed E-state index contributed by atoms with van der Waals surface area (Å²) < 4.78 is 5.27. The van der Waals surface area contributed by atoms with Crippen LogP contribution >= 0.6 is 0 Å². The molecule has 0 radical (unpaired) electrons. The van der Waals surface area contributed by atoms with Crippen molar-refractivity contribution in [1.29, 1.82) is 0 Å². The third kappa shape index (κ3) is 3.21. The molecule has 2 heterocycles. The van der Waals surface area contributed by atoms with E-state index in [0.717, 1.165) is 16.6 Å². The second-order valence-electron chi connectivity index (χ2n) is 6.45. The van der Waals surface area contributed by atoms with E-state index < -0.39 is 5.92 Å². The molecule has 0 spiro atoms. The number of nitrogens with one attached hydrogen (secondary N) is 1. The Balaban J connectivity index is 1.56. The fraction of sp³-hybridized carbons (Fsp3) is 0.190. The van der Waals surface area contributed by atoms with Gasteiger partial charge in [0, 0.05) is 24.5 Å². The molecule has 1 N–H and O–H groups in total. The summed E-state index contributed by atoms with van der Waals surface area (Å²) in [4.78, 5) is 31.4. The summed E-state index contributed by atoms with van der Waals surface area (Å²) >= 11 is 0. The maximum absolute atomic E-state index is 12.7. The standard InChI is InChI=1S/C21H19N3O3/c1-27-18-10-3-2-8-16(18)23-21(26)15-12-19(25)24(13-15)17-9-4-6-14-7-5-11-22-20(14)17/h2-11,15H,12-13H2,1H3,(H,23,26). The second kappa shape index (κ2) is 7.07. The van der Waals surface area contributed by atoms with Gasteiger partial charge < -0.3 is 15.0 Å². The molecule has 1 saturated heterocycles. The highest BCUT2D eigenvalue weighted by Gasteiger charge is 2.36. The summed E-state index contributed by atoms with van der Waals surface area (Å²) in [7, 11) is 1.55. The summed E-state index contributed by atoms with van der Waals surface area (Å²) in [5.41, 5.74) is 2.10. The van der Waals surface area contributed by atoms with E-state index in [-0.39, 0.29) is 18.2 Å². The van der Waals surface area contributed by atoms with Crippen LogP contribution in [-0.4, -0.2) is 30.5 Å². The van der Waals surface area contributed by atoms with Gasteiger partial charge in [0.05, 0.1) is 29.9 Å². The molecule has 27 heavy (non-hydrogen) atoms. The molecule has 3 aromatic rings. The Morgan fingerprint density at radius 3 is 2.81 bits per heavy atom. The minimum atomic E-state index is -0.429. The quantitative estimate of drug-likeness (QED) is 0.774. The Hall–Kier alpha value is -3.41. The van der Waals surface area contributed by atoms with Crippen molar-refractivity contribution in [1.82, 2.24) is 4.98 Å². The molecule has 6 heteroatoms. The van der Waals surface area contributed by atoms with Crippen LogP contribution in [0.15, 0.2) is 60.8 Å². The van der Waals surface area contributed by atoms with E-state index in [1.54, 1.807) is 30.3 Å². The van der Waals surface area contributed by atoms with Gasteiger partial charge in [-0.3, -0.25) is 14.6 Å². The number of amides is 2. The highest BCUT2D eigenvalue weighted by atomic mass is 16.5. The lowest BCUT2D eigenvalue weighted by Crippen LogP contribution is -2.28. The minimum absolute atomic E-state index is 0.0756. The van der Waals surface area contributed by atoms with Crippen molar-refractivity contribution >= 4 is 34.1 Å². The van der Waals surface area contributed by atoms with E-state index >= 15 is 0 Å². The molecule has 1 fully saturated rings. The highest BCUT2D eigenvalue weighted by Crippen LogP contribution is 2.31. The maximum Gasteiger partial charge on any atom is 0.229 e. The predicted octanol–water partition coefficient (Wildman–Crippen LogP) is 3.24. The molecular weight excluding hydrogens is 342 g/mol. The lowest BCUT2D eigenvalue weighted by Gasteiger charge is -2.18. The van der Waals surface area contributed by atoms with E-state index in [1.165, 1.54) is 0 Å². The van der Waals surface area contributed by atoms with Crippen LogP contribution in [-0.2, 0) is 9.59 Å². The van der Waals surface area contributed by atoms with Crippen LogP contribution in [0.5, 0.6) is 5.75 Å². The molecule has 1 aliphatic heterocycles. The zero-order chi connectivity index (χ0) is 18.8. The predicted molar refractivity (Wildman–Crippen MR) is 104 cm³/mol. The smallest absolute Gasteiger partial charge is 0.229 e. The molecule has 2 aromatic carbocycles. The zero-order valence-electron chi connectivity index (χ0n) is 14.9. The highest BCUT2D eigenvalue weighted by molar-refractivity contribution is 6.07. The maximum atomic E-state index is 12.7. The third-order valence-corrected chi connectivity index (χ3v) is 4.76. The van der Waals surface area contributed by atoms with Gasteiger partial charge in [-0.05, 0) is 24.3 Å². The van der Waals surface area contributed by atoms with Crippen LogP contribution < -0.4 is 15.0 Å². The number of pyridine rings is 1. The monoisotopic (exact) mass is 361 g/mol. The number of aromatic nitrogens is 1. The summed E-state index contributed by atoms with van der Waals surface area (Å²) in [5.74, 6) is -0.108. The first-order valence-electron chi connectivity index (χ1n) is 8.75. The van der Waals surface area contributed by atoms with Crippen molar-refractivity contribution in [2.24, 2.45) is 5.92 Å². The molecule has 1 unspecified atom stereocenters. The number of nitrogens with zero attached hydrogens (tertiary/aromatic N) is 2. The van der Waals surface area contributed by atoms with Gasteiger partial charge in [0.15, 0.2) is 0 Å². The van der Waals surface area contributed by atoms with E-state index in [0.29, 0.717) is 18.0 Å². The summed E-state index contributed by atoms with van der Waals surface area (Å²) in [6.45, 7) is 0.329. The number of hydrogen-bond acceptors (Lipinski definition) is 4. The topological polar surface area (TPSA) is 71.5 Å². The normalized spacial score (nSPS) is 16.6. The zero-order valence-corrected chi connectivity index (χ0v) is 14.9. The van der Waals surface area contributed by atoms with E-state index in [4.69, 9.17) is 4.74 Å². The van der Waals surface area contributed by atoms with Crippen LogP contribution in [0, 0.1) is 5.92 Å². The Morgan fingerprint density at radius 1 is 1.15 bits per heavy atom. The van der Waals surface area contributed by atoms with Gasteiger partial charge in [-0.25, -0.2) is 0 Å². The van der Waals surface area contributed by atoms with Crippen molar-refractivity contribution in [2.45, 2.75) is 6.42 Å². The van der Waals surface area contributed by atoms with Crippen LogP contribution in [0.3, 0.4) is 0 Å². The van der Waals surface area contributed by atoms with Gasteiger partial charge in [0.2, 0.25) is 11.8 Å². The Labute approximate surface area is 156 Å². The number of anilines is 2. The van der Waals surface area contributed by atoms with Gasteiger partial charge >= 0.3 is 0 Å². The van der Waals surface area contributed by atoms with Crippen molar-refractivity contribution in [3.8, 4) is 5.75 Å². The molecular formula is C21H19N3O3. The van der Waals surface area contributed by atoms with Crippen LogP contribution in [0.4, 0.5) is 11.4 Å². The van der Waals surface area contributed by atoms with Crippen molar-refractivity contribution in [3.63, 3.8) is 0 Å². The molecule has 0 saturated carbocycles. The van der Waals surface area contributed by atoms with Crippen molar-refractivity contribution in [2.75, 3.05) is 23.9 Å². The molecule has 1 aliphatic rings. The van der Waals surface area contributed by atoms with E-state index in [9.17, 15) is 9.59 Å². The Kier molecular flexibility index (Phi) is 4.46. The van der Waals surface area contributed by atoms with Crippen LogP contribution in [0.2, 0.25) is 0 Å².